The summed E-state index contributed by atoms with van der Waals surface area (Å²) in [6.07, 6.45) is 1.44. The average molecular weight is 277 g/mol. The van der Waals surface area contributed by atoms with Gasteiger partial charge in [0.05, 0.1) is 0 Å². The molecule has 1 atom stereocenters. The molecule has 1 aromatic heterocycles. The van der Waals surface area contributed by atoms with Crippen molar-refractivity contribution in [2.24, 2.45) is 0 Å². The van der Waals surface area contributed by atoms with Crippen molar-refractivity contribution in [3.63, 3.8) is 0 Å². The third kappa shape index (κ3) is 3.18. The number of nitrogens with zero attached hydrogens (tertiary/aromatic N) is 3. The Balaban J connectivity index is 2.14. The van der Waals surface area contributed by atoms with Crippen LogP contribution in [-0.2, 0) is 4.79 Å². The van der Waals surface area contributed by atoms with E-state index in [1.807, 2.05) is 27.8 Å². The first-order valence-electron chi connectivity index (χ1n) is 7.10. The number of piperidine rings is 1. The molecule has 1 saturated heterocycles. The van der Waals surface area contributed by atoms with Crippen LogP contribution in [0, 0.1) is 13.8 Å². The molecule has 1 aliphatic heterocycles. The topological polar surface area (TPSA) is 70.1 Å². The number of aromatic nitrogens is 2. The van der Waals surface area contributed by atoms with E-state index in [9.17, 15) is 4.79 Å². The molecule has 0 radical (unpaired) electrons. The zero-order valence-corrected chi connectivity index (χ0v) is 12.7. The lowest BCUT2D eigenvalue weighted by Crippen LogP contribution is -2.43. The first-order valence-corrected chi connectivity index (χ1v) is 7.10. The number of nitrogens with one attached hydrogen (secondary N) is 2. The van der Waals surface area contributed by atoms with E-state index in [1.165, 1.54) is 0 Å². The lowest BCUT2D eigenvalue weighted by Gasteiger charge is -2.31. The summed E-state index contributed by atoms with van der Waals surface area (Å²) in [6, 6.07) is 0.250. The molecule has 2 rings (SSSR count). The van der Waals surface area contributed by atoms with Crippen LogP contribution in [0.4, 0.5) is 11.6 Å². The Kier molecular flexibility index (Phi) is 4.42. The fourth-order valence-corrected chi connectivity index (χ4v) is 2.43. The molecule has 1 aliphatic rings. The van der Waals surface area contributed by atoms with Crippen molar-refractivity contribution in [2.45, 2.75) is 39.7 Å². The van der Waals surface area contributed by atoms with E-state index in [2.05, 4.69) is 20.6 Å². The fourth-order valence-electron chi connectivity index (χ4n) is 2.43. The number of carbonyl (C=O) groups is 1. The van der Waals surface area contributed by atoms with Gasteiger partial charge in [-0.25, -0.2) is 9.97 Å². The fraction of sp³-hybridized carbons (Fsp3) is 0.643. The van der Waals surface area contributed by atoms with Crippen molar-refractivity contribution >= 4 is 17.5 Å². The standard InChI is InChI=1S/C14H23N5O/c1-5-15-13-9(2)14(17-10(3)16-13)18-11-6-7-12(20)19(4)8-11/h11H,5-8H2,1-4H3,(H2,15,16,17,18). The van der Waals surface area contributed by atoms with Crippen molar-refractivity contribution in [3.8, 4) is 0 Å². The third-order valence-electron chi connectivity index (χ3n) is 3.57. The summed E-state index contributed by atoms with van der Waals surface area (Å²) in [7, 11) is 1.85. The Labute approximate surface area is 120 Å². The number of likely N-dealkylation sites (N-methyl/N-ethyl adjacent to an activating group) is 1. The second-order valence-electron chi connectivity index (χ2n) is 5.28. The van der Waals surface area contributed by atoms with Gasteiger partial charge in [-0.05, 0) is 27.2 Å². The molecule has 1 aromatic rings. The van der Waals surface area contributed by atoms with Gasteiger partial charge < -0.3 is 15.5 Å². The van der Waals surface area contributed by atoms with Crippen molar-refractivity contribution in [3.05, 3.63) is 11.4 Å². The molecular formula is C14H23N5O. The zero-order valence-electron chi connectivity index (χ0n) is 12.7. The Hall–Kier alpha value is -1.85. The van der Waals surface area contributed by atoms with E-state index in [1.54, 1.807) is 4.90 Å². The van der Waals surface area contributed by atoms with Gasteiger partial charge in [0.15, 0.2) is 0 Å². The summed E-state index contributed by atoms with van der Waals surface area (Å²) in [6.45, 7) is 7.50. The number of amides is 1. The SMILES string of the molecule is CCNc1nc(C)nc(NC2CCC(=O)N(C)C2)c1C. The normalized spacial score (nSPS) is 19.1. The molecular weight excluding hydrogens is 254 g/mol. The van der Waals surface area contributed by atoms with Gasteiger partial charge in [-0.15, -0.1) is 0 Å². The van der Waals surface area contributed by atoms with Crippen molar-refractivity contribution in [1.29, 1.82) is 0 Å². The largest absolute Gasteiger partial charge is 0.370 e. The van der Waals surface area contributed by atoms with Gasteiger partial charge in [-0.3, -0.25) is 4.79 Å². The molecule has 0 bridgehead atoms. The number of likely N-dealkylation sites (tertiary alicyclic amines) is 1. The Bertz CT molecular complexity index is 503. The smallest absolute Gasteiger partial charge is 0.222 e. The molecule has 1 unspecified atom stereocenters. The van der Waals surface area contributed by atoms with Crippen LogP contribution in [0.5, 0.6) is 0 Å². The minimum atomic E-state index is 0.215. The summed E-state index contributed by atoms with van der Waals surface area (Å²) in [5, 5.41) is 6.71. The third-order valence-corrected chi connectivity index (χ3v) is 3.57. The van der Waals surface area contributed by atoms with Crippen LogP contribution in [0.15, 0.2) is 0 Å². The molecule has 6 heteroatoms. The van der Waals surface area contributed by atoms with E-state index in [0.29, 0.717) is 6.42 Å². The quantitative estimate of drug-likeness (QED) is 0.874. The number of carbonyl (C=O) groups excluding carboxylic acids is 1. The average Bonchev–Trinajstić information content (AvgIpc) is 2.39. The Morgan fingerprint density at radius 1 is 1.30 bits per heavy atom. The predicted octanol–water partition coefficient (Wildman–Crippen LogP) is 1.56. The number of hydrogen-bond donors (Lipinski definition) is 2. The van der Waals surface area contributed by atoms with Gasteiger partial charge in [-0.1, -0.05) is 0 Å². The van der Waals surface area contributed by atoms with Crippen molar-refractivity contribution < 1.29 is 4.79 Å². The summed E-state index contributed by atoms with van der Waals surface area (Å²) >= 11 is 0. The van der Waals surface area contributed by atoms with Gasteiger partial charge >= 0.3 is 0 Å². The van der Waals surface area contributed by atoms with Crippen LogP contribution >= 0.6 is 0 Å². The van der Waals surface area contributed by atoms with Gasteiger partial charge in [0.2, 0.25) is 5.91 Å². The molecule has 0 aliphatic carbocycles. The number of hydrogen-bond acceptors (Lipinski definition) is 5. The highest BCUT2D eigenvalue weighted by Crippen LogP contribution is 2.22. The summed E-state index contributed by atoms with van der Waals surface area (Å²) in [4.78, 5) is 22.2. The minimum Gasteiger partial charge on any atom is -0.370 e. The van der Waals surface area contributed by atoms with E-state index in [4.69, 9.17) is 0 Å². The molecule has 0 aromatic carbocycles. The predicted molar refractivity (Wildman–Crippen MR) is 80.0 cm³/mol. The van der Waals surface area contributed by atoms with Crippen LogP contribution < -0.4 is 10.6 Å². The molecule has 0 spiro atoms. The maximum Gasteiger partial charge on any atom is 0.222 e. The van der Waals surface area contributed by atoms with Gasteiger partial charge in [-0.2, -0.15) is 0 Å². The first-order chi connectivity index (χ1) is 9.51. The van der Waals surface area contributed by atoms with Crippen LogP contribution in [-0.4, -0.2) is 47.0 Å². The maximum atomic E-state index is 11.5. The lowest BCUT2D eigenvalue weighted by molar-refractivity contribution is -0.132. The first kappa shape index (κ1) is 14.6. The van der Waals surface area contributed by atoms with E-state index < -0.39 is 0 Å². The van der Waals surface area contributed by atoms with E-state index in [-0.39, 0.29) is 11.9 Å². The molecule has 1 amide bonds. The second-order valence-corrected chi connectivity index (χ2v) is 5.28. The van der Waals surface area contributed by atoms with Crippen LogP contribution in [0.2, 0.25) is 0 Å². The van der Waals surface area contributed by atoms with Crippen molar-refractivity contribution in [2.75, 3.05) is 30.8 Å². The molecule has 2 heterocycles. The Morgan fingerprint density at radius 2 is 2.00 bits per heavy atom. The highest BCUT2D eigenvalue weighted by Gasteiger charge is 2.23. The van der Waals surface area contributed by atoms with Crippen molar-refractivity contribution in [1.82, 2.24) is 14.9 Å². The van der Waals surface area contributed by atoms with Gasteiger partial charge in [0.25, 0.3) is 0 Å². The monoisotopic (exact) mass is 277 g/mol. The molecule has 6 nitrogen and oxygen atoms in total. The summed E-state index contributed by atoms with van der Waals surface area (Å²) in [5.74, 6) is 2.70. The van der Waals surface area contributed by atoms with Crippen LogP contribution in [0.3, 0.4) is 0 Å². The Morgan fingerprint density at radius 3 is 2.65 bits per heavy atom. The zero-order chi connectivity index (χ0) is 14.7. The summed E-state index contributed by atoms with van der Waals surface area (Å²) < 4.78 is 0. The number of aryl methyl sites for hydroxylation is 1. The van der Waals surface area contributed by atoms with Crippen LogP contribution in [0.1, 0.15) is 31.2 Å². The molecule has 20 heavy (non-hydrogen) atoms. The molecule has 0 saturated carbocycles. The highest BCUT2D eigenvalue weighted by atomic mass is 16.2. The maximum absolute atomic E-state index is 11.5. The lowest BCUT2D eigenvalue weighted by atomic mass is 10.1. The number of rotatable bonds is 4. The van der Waals surface area contributed by atoms with Gasteiger partial charge in [0, 0.05) is 38.2 Å². The van der Waals surface area contributed by atoms with E-state index in [0.717, 1.165) is 42.5 Å². The molecule has 110 valence electrons. The minimum absolute atomic E-state index is 0.215. The number of anilines is 2. The van der Waals surface area contributed by atoms with Gasteiger partial charge in [0.1, 0.15) is 17.5 Å². The molecule has 1 fully saturated rings. The van der Waals surface area contributed by atoms with Crippen LogP contribution in [0.25, 0.3) is 0 Å². The summed E-state index contributed by atoms with van der Waals surface area (Å²) in [5.41, 5.74) is 1.03. The highest BCUT2D eigenvalue weighted by molar-refractivity contribution is 5.77. The second kappa shape index (κ2) is 6.07. The van der Waals surface area contributed by atoms with E-state index >= 15 is 0 Å². The molecule has 2 N–H and O–H groups in total.